The van der Waals surface area contributed by atoms with E-state index < -0.39 is 17.8 Å². The molecular formula is C16H18ClF3N4O2S2. The second-order valence-corrected chi connectivity index (χ2v) is 7.84. The van der Waals surface area contributed by atoms with Crippen molar-refractivity contribution < 1.29 is 22.7 Å². The largest absolute Gasteiger partial charge is 0.465 e. The average molecular weight is 455 g/mol. The lowest BCUT2D eigenvalue weighted by Gasteiger charge is -2.11. The highest BCUT2D eigenvalue weighted by atomic mass is 35.5. The fraction of sp³-hybridized carbons (Fsp3) is 0.438. The van der Waals surface area contributed by atoms with Crippen molar-refractivity contribution in [3.63, 3.8) is 0 Å². The fourth-order valence-corrected chi connectivity index (χ4v) is 3.79. The van der Waals surface area contributed by atoms with Gasteiger partial charge in [-0.05, 0) is 38.6 Å². The number of alkyl halides is 3. The van der Waals surface area contributed by atoms with E-state index in [4.69, 9.17) is 28.6 Å². The van der Waals surface area contributed by atoms with Crippen molar-refractivity contribution in [3.8, 4) is 0 Å². The molecular weight excluding hydrogens is 437 g/mol. The van der Waals surface area contributed by atoms with Crippen molar-refractivity contribution in [3.05, 3.63) is 32.9 Å². The van der Waals surface area contributed by atoms with Crippen LogP contribution in [-0.2, 0) is 17.5 Å². The topological polar surface area (TPSA) is 68.2 Å². The Morgan fingerprint density at radius 3 is 2.68 bits per heavy atom. The van der Waals surface area contributed by atoms with Gasteiger partial charge in [0.2, 0.25) is 0 Å². The van der Waals surface area contributed by atoms with Crippen molar-refractivity contribution in [2.45, 2.75) is 33.0 Å². The number of rotatable bonds is 6. The summed E-state index contributed by atoms with van der Waals surface area (Å²) in [6.07, 6.45) is -4.13. The van der Waals surface area contributed by atoms with Crippen LogP contribution in [0.3, 0.4) is 0 Å². The predicted octanol–water partition coefficient (Wildman–Crippen LogP) is 4.40. The Morgan fingerprint density at radius 2 is 2.11 bits per heavy atom. The van der Waals surface area contributed by atoms with Gasteiger partial charge < -0.3 is 15.4 Å². The number of carbonyl (C=O) groups is 1. The number of thiocarbonyl (C=S) groups is 1. The van der Waals surface area contributed by atoms with Gasteiger partial charge in [-0.1, -0.05) is 11.6 Å². The Balaban J connectivity index is 1.88. The van der Waals surface area contributed by atoms with Gasteiger partial charge in [-0.25, -0.2) is 4.79 Å². The number of thiophene rings is 1. The van der Waals surface area contributed by atoms with Gasteiger partial charge in [0.25, 0.3) is 0 Å². The molecule has 28 heavy (non-hydrogen) atoms. The van der Waals surface area contributed by atoms with E-state index in [1.165, 1.54) is 30.1 Å². The Bertz CT molecular complexity index is 880. The van der Waals surface area contributed by atoms with Crippen molar-refractivity contribution in [1.82, 2.24) is 15.1 Å². The zero-order valence-electron chi connectivity index (χ0n) is 15.2. The molecule has 0 aliphatic heterocycles. The number of aromatic nitrogens is 2. The fourth-order valence-electron chi connectivity index (χ4n) is 2.37. The molecule has 6 nitrogen and oxygen atoms in total. The van der Waals surface area contributed by atoms with E-state index in [-0.39, 0.29) is 17.3 Å². The quantitative estimate of drug-likeness (QED) is 0.383. The maximum Gasteiger partial charge on any atom is 0.436 e. The minimum Gasteiger partial charge on any atom is -0.465 e. The highest BCUT2D eigenvalue weighted by Crippen LogP contribution is 2.35. The molecule has 0 radical (unpaired) electrons. The van der Waals surface area contributed by atoms with Gasteiger partial charge in [-0.15, -0.1) is 11.3 Å². The summed E-state index contributed by atoms with van der Waals surface area (Å²) in [5.41, 5.74) is -0.442. The maximum absolute atomic E-state index is 12.8. The number of anilines is 1. The minimum absolute atomic E-state index is 0.239. The second kappa shape index (κ2) is 9.10. The second-order valence-electron chi connectivity index (χ2n) is 5.79. The first kappa shape index (κ1) is 22.4. The van der Waals surface area contributed by atoms with Crippen LogP contribution in [0.15, 0.2) is 6.07 Å². The van der Waals surface area contributed by atoms with E-state index in [2.05, 4.69) is 15.7 Å². The number of esters is 1. The Morgan fingerprint density at radius 1 is 1.43 bits per heavy atom. The van der Waals surface area contributed by atoms with Crippen LogP contribution in [0, 0.1) is 13.8 Å². The maximum atomic E-state index is 12.8. The van der Waals surface area contributed by atoms with Crippen molar-refractivity contribution in [1.29, 1.82) is 0 Å². The van der Waals surface area contributed by atoms with Crippen LogP contribution >= 0.6 is 35.2 Å². The van der Waals surface area contributed by atoms with Gasteiger partial charge in [0.05, 0.1) is 23.4 Å². The summed E-state index contributed by atoms with van der Waals surface area (Å²) in [7, 11) is 1.30. The molecule has 2 rings (SSSR count). The lowest BCUT2D eigenvalue weighted by Crippen LogP contribution is -2.30. The molecule has 12 heteroatoms. The van der Waals surface area contributed by atoms with E-state index in [1.54, 1.807) is 6.07 Å². The molecule has 2 heterocycles. The third-order valence-electron chi connectivity index (χ3n) is 3.72. The Hall–Kier alpha value is -1.85. The van der Waals surface area contributed by atoms with E-state index in [0.717, 1.165) is 4.88 Å². The highest BCUT2D eigenvalue weighted by Gasteiger charge is 2.38. The number of nitrogens with zero attached hydrogens (tertiary/aromatic N) is 2. The summed E-state index contributed by atoms with van der Waals surface area (Å²) in [6.45, 7) is 3.97. The highest BCUT2D eigenvalue weighted by molar-refractivity contribution is 7.80. The minimum atomic E-state index is -4.59. The lowest BCUT2D eigenvalue weighted by atomic mass is 10.3. The van der Waals surface area contributed by atoms with E-state index in [9.17, 15) is 18.0 Å². The number of aryl methyl sites for hydroxylation is 2. The standard InChI is InChI=1S/C16H18ClF3N4O2S2/c1-8-7-10(14(25)26-3)13(28-8)22-15(27)21-5-4-6-24-9(2)11(17)12(23-24)16(18,19)20/h7H,4-6H2,1-3H3,(H2,21,22,27). The number of carbonyl (C=O) groups excluding carboxylic acids is 1. The SMILES string of the molecule is COC(=O)c1cc(C)sc1NC(=S)NCCCn1nc(C(F)(F)F)c(Cl)c1C. The Labute approximate surface area is 174 Å². The van der Waals surface area contributed by atoms with Gasteiger partial charge in [-0.3, -0.25) is 4.68 Å². The molecule has 0 bridgehead atoms. The van der Waals surface area contributed by atoms with E-state index in [1.807, 2.05) is 6.92 Å². The van der Waals surface area contributed by atoms with Crippen LogP contribution < -0.4 is 10.6 Å². The molecule has 2 aromatic heterocycles. The number of hydrogen-bond donors (Lipinski definition) is 2. The molecule has 2 N–H and O–H groups in total. The number of nitrogens with one attached hydrogen (secondary N) is 2. The smallest absolute Gasteiger partial charge is 0.436 e. The summed E-state index contributed by atoms with van der Waals surface area (Å²) in [5.74, 6) is -0.471. The van der Waals surface area contributed by atoms with Crippen molar-refractivity contribution in [2.75, 3.05) is 19.0 Å². The van der Waals surface area contributed by atoms with Crippen molar-refractivity contribution in [2.24, 2.45) is 0 Å². The Kier molecular flexibility index (Phi) is 7.29. The monoisotopic (exact) mass is 454 g/mol. The molecule has 0 aromatic carbocycles. The first-order valence-corrected chi connectivity index (χ1v) is 9.68. The number of ether oxygens (including phenoxy) is 1. The molecule has 2 aromatic rings. The molecule has 0 spiro atoms. The predicted molar refractivity (Wildman–Crippen MR) is 106 cm³/mol. The molecule has 0 saturated heterocycles. The third kappa shape index (κ3) is 5.36. The summed E-state index contributed by atoms with van der Waals surface area (Å²) < 4.78 is 44.4. The van der Waals surface area contributed by atoms with Gasteiger partial charge in [0.15, 0.2) is 10.8 Å². The van der Waals surface area contributed by atoms with Crippen LogP contribution in [0.2, 0.25) is 5.02 Å². The van der Waals surface area contributed by atoms with Crippen LogP contribution in [0.25, 0.3) is 0 Å². The van der Waals surface area contributed by atoms with Gasteiger partial charge in [0.1, 0.15) is 5.00 Å². The molecule has 0 unspecified atom stereocenters. The van der Waals surface area contributed by atoms with Crippen molar-refractivity contribution >= 4 is 51.2 Å². The van der Waals surface area contributed by atoms with Gasteiger partial charge in [0, 0.05) is 18.0 Å². The molecule has 154 valence electrons. The third-order valence-corrected chi connectivity index (χ3v) is 5.39. The first-order valence-electron chi connectivity index (χ1n) is 8.08. The first-order chi connectivity index (χ1) is 13.0. The molecule has 0 aliphatic carbocycles. The summed E-state index contributed by atoms with van der Waals surface area (Å²) in [4.78, 5) is 12.7. The van der Waals surface area contributed by atoms with Gasteiger partial charge in [-0.2, -0.15) is 18.3 Å². The molecule has 0 amide bonds. The van der Waals surface area contributed by atoms with Gasteiger partial charge >= 0.3 is 12.1 Å². The molecule has 0 atom stereocenters. The molecule has 0 saturated carbocycles. The summed E-state index contributed by atoms with van der Waals surface area (Å²) in [6, 6.07) is 1.70. The number of hydrogen-bond acceptors (Lipinski definition) is 5. The lowest BCUT2D eigenvalue weighted by molar-refractivity contribution is -0.141. The van der Waals surface area contributed by atoms with Crippen LogP contribution in [0.1, 0.15) is 33.0 Å². The van der Waals surface area contributed by atoms with E-state index >= 15 is 0 Å². The zero-order valence-corrected chi connectivity index (χ0v) is 17.6. The van der Waals surface area contributed by atoms with Crippen LogP contribution in [-0.4, -0.2) is 34.5 Å². The normalized spacial score (nSPS) is 11.4. The zero-order chi connectivity index (χ0) is 21.1. The summed E-state index contributed by atoms with van der Waals surface area (Å²) >= 11 is 12.3. The van der Waals surface area contributed by atoms with Crippen LogP contribution in [0.4, 0.5) is 18.2 Å². The average Bonchev–Trinajstić information content (AvgIpc) is 3.11. The molecule has 0 fully saturated rings. The summed E-state index contributed by atoms with van der Waals surface area (Å²) in [5, 5.41) is 9.89. The van der Waals surface area contributed by atoms with Crippen LogP contribution in [0.5, 0.6) is 0 Å². The number of halogens is 4. The number of methoxy groups -OCH3 is 1. The molecule has 0 aliphatic rings. The van der Waals surface area contributed by atoms with E-state index in [0.29, 0.717) is 28.6 Å².